The van der Waals surface area contributed by atoms with Gasteiger partial charge in [0.15, 0.2) is 11.6 Å². The monoisotopic (exact) mass is 266 g/mol. The quantitative estimate of drug-likeness (QED) is 0.739. The number of nitrogens with one attached hydrogen (secondary N) is 2. The fourth-order valence-electron chi connectivity index (χ4n) is 1.79. The molecule has 1 fully saturated rings. The van der Waals surface area contributed by atoms with Crippen molar-refractivity contribution in [2.24, 2.45) is 0 Å². The molecule has 0 bridgehead atoms. The molecule has 1 aromatic carbocycles. The third kappa shape index (κ3) is 4.21. The molecule has 2 N–H and O–H groups in total. The molecule has 1 amide bonds. The SMILES string of the molecule is COc1ccc(C(=O)NCCCNC2CC2)cc1F. The average Bonchev–Trinajstić information content (AvgIpc) is 3.22. The zero-order valence-electron chi connectivity index (χ0n) is 11.0. The zero-order valence-corrected chi connectivity index (χ0v) is 11.0. The molecule has 4 nitrogen and oxygen atoms in total. The van der Waals surface area contributed by atoms with Crippen molar-refractivity contribution < 1.29 is 13.9 Å². The highest BCUT2D eigenvalue weighted by Gasteiger charge is 2.19. The van der Waals surface area contributed by atoms with Crippen molar-refractivity contribution in [2.45, 2.75) is 25.3 Å². The van der Waals surface area contributed by atoms with Gasteiger partial charge in [-0.05, 0) is 44.0 Å². The lowest BCUT2D eigenvalue weighted by Gasteiger charge is -2.07. The van der Waals surface area contributed by atoms with E-state index in [0.717, 1.165) is 13.0 Å². The number of benzene rings is 1. The van der Waals surface area contributed by atoms with Crippen LogP contribution in [0, 0.1) is 5.82 Å². The van der Waals surface area contributed by atoms with E-state index in [-0.39, 0.29) is 11.7 Å². The van der Waals surface area contributed by atoms with E-state index in [1.54, 1.807) is 6.07 Å². The first-order valence-electron chi connectivity index (χ1n) is 6.56. The Hall–Kier alpha value is -1.62. The summed E-state index contributed by atoms with van der Waals surface area (Å²) in [6, 6.07) is 4.89. The summed E-state index contributed by atoms with van der Waals surface area (Å²) in [7, 11) is 1.39. The molecule has 1 aromatic rings. The first-order valence-corrected chi connectivity index (χ1v) is 6.56. The summed E-state index contributed by atoms with van der Waals surface area (Å²) in [5, 5.41) is 6.14. The van der Waals surface area contributed by atoms with Crippen molar-refractivity contribution in [2.75, 3.05) is 20.2 Å². The second-order valence-corrected chi connectivity index (χ2v) is 4.69. The van der Waals surface area contributed by atoms with Gasteiger partial charge in [-0.3, -0.25) is 4.79 Å². The number of ether oxygens (including phenoxy) is 1. The number of carbonyl (C=O) groups is 1. The Bertz CT molecular complexity index is 447. The lowest BCUT2D eigenvalue weighted by molar-refractivity contribution is 0.0952. The van der Waals surface area contributed by atoms with Crippen LogP contribution in [0.3, 0.4) is 0 Å². The maximum atomic E-state index is 13.4. The molecule has 1 saturated carbocycles. The molecular weight excluding hydrogens is 247 g/mol. The van der Waals surface area contributed by atoms with Crippen LogP contribution < -0.4 is 15.4 Å². The van der Waals surface area contributed by atoms with E-state index >= 15 is 0 Å². The molecule has 1 aliphatic rings. The fraction of sp³-hybridized carbons (Fsp3) is 0.500. The third-order valence-corrected chi connectivity index (χ3v) is 3.06. The highest BCUT2D eigenvalue weighted by molar-refractivity contribution is 5.94. The Kier molecular flexibility index (Phi) is 4.74. The Morgan fingerprint density at radius 2 is 2.21 bits per heavy atom. The summed E-state index contributed by atoms with van der Waals surface area (Å²) < 4.78 is 18.2. The van der Waals surface area contributed by atoms with Gasteiger partial charge in [-0.1, -0.05) is 0 Å². The van der Waals surface area contributed by atoms with Gasteiger partial charge in [-0.15, -0.1) is 0 Å². The van der Waals surface area contributed by atoms with Gasteiger partial charge in [0, 0.05) is 18.2 Å². The summed E-state index contributed by atoms with van der Waals surface area (Å²) in [4.78, 5) is 11.8. The van der Waals surface area contributed by atoms with Crippen molar-refractivity contribution in [3.63, 3.8) is 0 Å². The molecule has 0 saturated heterocycles. The molecule has 0 unspecified atom stereocenters. The van der Waals surface area contributed by atoms with E-state index in [0.29, 0.717) is 18.2 Å². The van der Waals surface area contributed by atoms with Crippen LogP contribution in [0.15, 0.2) is 18.2 Å². The molecule has 0 heterocycles. The molecule has 0 radical (unpaired) electrons. The minimum absolute atomic E-state index is 0.144. The van der Waals surface area contributed by atoms with Gasteiger partial charge in [0.1, 0.15) is 0 Å². The largest absolute Gasteiger partial charge is 0.494 e. The summed E-state index contributed by atoms with van der Waals surface area (Å²) in [5.41, 5.74) is 0.313. The van der Waals surface area contributed by atoms with Crippen LogP contribution >= 0.6 is 0 Å². The van der Waals surface area contributed by atoms with E-state index in [9.17, 15) is 9.18 Å². The molecule has 19 heavy (non-hydrogen) atoms. The molecule has 104 valence electrons. The highest BCUT2D eigenvalue weighted by Crippen LogP contribution is 2.18. The van der Waals surface area contributed by atoms with Crippen LogP contribution in [0.4, 0.5) is 4.39 Å². The number of amides is 1. The van der Waals surface area contributed by atoms with E-state index in [1.165, 1.54) is 32.1 Å². The number of halogens is 1. The topological polar surface area (TPSA) is 50.4 Å². The zero-order chi connectivity index (χ0) is 13.7. The van der Waals surface area contributed by atoms with Gasteiger partial charge >= 0.3 is 0 Å². The summed E-state index contributed by atoms with van der Waals surface area (Å²) in [6.07, 6.45) is 3.40. The Morgan fingerprint density at radius 3 is 2.84 bits per heavy atom. The van der Waals surface area contributed by atoms with E-state index in [4.69, 9.17) is 4.74 Å². The van der Waals surface area contributed by atoms with E-state index in [2.05, 4.69) is 10.6 Å². The minimum atomic E-state index is -0.523. The third-order valence-electron chi connectivity index (χ3n) is 3.06. The lowest BCUT2D eigenvalue weighted by Crippen LogP contribution is -2.28. The van der Waals surface area contributed by atoms with Crippen LogP contribution in [0.1, 0.15) is 29.6 Å². The Balaban J connectivity index is 1.73. The molecule has 2 rings (SSSR count). The first kappa shape index (κ1) is 13.8. The molecule has 0 spiro atoms. The molecule has 1 aliphatic carbocycles. The minimum Gasteiger partial charge on any atom is -0.494 e. The molecule has 0 aliphatic heterocycles. The number of rotatable bonds is 7. The molecule has 0 aromatic heterocycles. The maximum absolute atomic E-state index is 13.4. The van der Waals surface area contributed by atoms with Crippen molar-refractivity contribution in [1.82, 2.24) is 10.6 Å². The van der Waals surface area contributed by atoms with Crippen molar-refractivity contribution >= 4 is 5.91 Å². The number of hydrogen-bond acceptors (Lipinski definition) is 3. The van der Waals surface area contributed by atoms with E-state index < -0.39 is 5.82 Å². The molecule has 0 atom stereocenters. The second-order valence-electron chi connectivity index (χ2n) is 4.69. The molecule has 5 heteroatoms. The van der Waals surface area contributed by atoms with Crippen molar-refractivity contribution in [3.05, 3.63) is 29.6 Å². The average molecular weight is 266 g/mol. The van der Waals surface area contributed by atoms with Gasteiger partial charge in [0.2, 0.25) is 0 Å². The van der Waals surface area contributed by atoms with Crippen LogP contribution in [0.25, 0.3) is 0 Å². The van der Waals surface area contributed by atoms with E-state index in [1.807, 2.05) is 0 Å². The second kappa shape index (κ2) is 6.52. The fourth-order valence-corrected chi connectivity index (χ4v) is 1.79. The van der Waals surface area contributed by atoms with Gasteiger partial charge in [-0.2, -0.15) is 0 Å². The number of carbonyl (C=O) groups excluding carboxylic acids is 1. The Labute approximate surface area is 112 Å². The van der Waals surface area contributed by atoms with Crippen LogP contribution in [-0.2, 0) is 0 Å². The maximum Gasteiger partial charge on any atom is 0.251 e. The highest BCUT2D eigenvalue weighted by atomic mass is 19.1. The van der Waals surface area contributed by atoms with Gasteiger partial charge < -0.3 is 15.4 Å². The lowest BCUT2D eigenvalue weighted by atomic mass is 10.2. The summed E-state index contributed by atoms with van der Waals surface area (Å²) >= 11 is 0. The standard InChI is InChI=1S/C14H19FN2O2/c1-19-13-6-3-10(9-12(13)15)14(18)17-8-2-7-16-11-4-5-11/h3,6,9,11,16H,2,4-5,7-8H2,1H3,(H,17,18). The van der Waals surface area contributed by atoms with Crippen LogP contribution in [-0.4, -0.2) is 32.1 Å². The summed E-state index contributed by atoms with van der Waals surface area (Å²) in [6.45, 7) is 1.49. The summed E-state index contributed by atoms with van der Waals surface area (Å²) in [5.74, 6) is -0.635. The Morgan fingerprint density at radius 1 is 1.42 bits per heavy atom. The van der Waals surface area contributed by atoms with Gasteiger partial charge in [-0.25, -0.2) is 4.39 Å². The predicted octanol–water partition coefficient (Wildman–Crippen LogP) is 1.71. The van der Waals surface area contributed by atoms with Crippen LogP contribution in [0.5, 0.6) is 5.75 Å². The number of hydrogen-bond donors (Lipinski definition) is 2. The van der Waals surface area contributed by atoms with Crippen LogP contribution in [0.2, 0.25) is 0 Å². The van der Waals surface area contributed by atoms with Gasteiger partial charge in [0.05, 0.1) is 7.11 Å². The predicted molar refractivity (Wildman–Crippen MR) is 70.9 cm³/mol. The number of methoxy groups -OCH3 is 1. The first-order chi connectivity index (χ1) is 9.20. The van der Waals surface area contributed by atoms with Crippen molar-refractivity contribution in [1.29, 1.82) is 0 Å². The van der Waals surface area contributed by atoms with Crippen molar-refractivity contribution in [3.8, 4) is 5.75 Å². The normalized spacial score (nSPS) is 14.2. The smallest absolute Gasteiger partial charge is 0.251 e. The molecular formula is C14H19FN2O2. The van der Waals surface area contributed by atoms with Gasteiger partial charge in [0.25, 0.3) is 5.91 Å².